The van der Waals surface area contributed by atoms with Crippen LogP contribution >= 0.6 is 11.3 Å². The summed E-state index contributed by atoms with van der Waals surface area (Å²) in [5, 5.41) is 6.28. The largest absolute Gasteiger partial charge is 0.416 e. The van der Waals surface area contributed by atoms with Crippen LogP contribution in [0.3, 0.4) is 0 Å². The van der Waals surface area contributed by atoms with Crippen molar-refractivity contribution in [3.05, 3.63) is 82.1 Å². The molecule has 150 valence electrons. The molecule has 29 heavy (non-hydrogen) atoms. The smallest absolute Gasteiger partial charge is 0.346 e. The second-order valence-corrected chi connectivity index (χ2v) is 6.70. The molecule has 0 saturated carbocycles. The molecule has 1 heterocycles. The Labute approximate surface area is 166 Å². The monoisotopic (exact) mass is 423 g/mol. The van der Waals surface area contributed by atoms with Crippen molar-refractivity contribution in [2.45, 2.75) is 12.7 Å². The van der Waals surface area contributed by atoms with Crippen LogP contribution in [0.4, 0.5) is 22.7 Å². The van der Waals surface area contributed by atoms with Gasteiger partial charge in [0.15, 0.2) is 5.13 Å². The van der Waals surface area contributed by atoms with E-state index in [9.17, 15) is 27.2 Å². The molecular weight excluding hydrogens is 410 g/mol. The van der Waals surface area contributed by atoms with Gasteiger partial charge in [0, 0.05) is 23.1 Å². The number of rotatable bonds is 5. The third-order valence-corrected chi connectivity index (χ3v) is 4.56. The van der Waals surface area contributed by atoms with Crippen LogP contribution in [0.1, 0.15) is 32.0 Å². The van der Waals surface area contributed by atoms with E-state index in [2.05, 4.69) is 15.6 Å². The number of alkyl halides is 3. The molecule has 0 fully saturated rings. The lowest BCUT2D eigenvalue weighted by molar-refractivity contribution is -0.137. The zero-order valence-corrected chi connectivity index (χ0v) is 15.4. The number of nitrogens with one attached hydrogen (secondary N) is 2. The third-order valence-electron chi connectivity index (χ3n) is 3.81. The number of anilines is 1. The number of carbonyl (C=O) groups is 2. The first-order valence-electron chi connectivity index (χ1n) is 8.20. The van der Waals surface area contributed by atoms with Gasteiger partial charge in [0.25, 0.3) is 11.8 Å². The van der Waals surface area contributed by atoms with Gasteiger partial charge in [-0.3, -0.25) is 14.9 Å². The second-order valence-electron chi connectivity index (χ2n) is 5.84. The molecule has 0 saturated heterocycles. The molecule has 2 aromatic carbocycles. The maximum absolute atomic E-state index is 13.6. The first kappa shape index (κ1) is 20.5. The van der Waals surface area contributed by atoms with Gasteiger partial charge in [0.1, 0.15) is 11.5 Å². The summed E-state index contributed by atoms with van der Waals surface area (Å²) in [5.74, 6) is -1.83. The van der Waals surface area contributed by atoms with Crippen molar-refractivity contribution < 1.29 is 27.2 Å². The molecule has 0 spiro atoms. The molecule has 3 aromatic rings. The van der Waals surface area contributed by atoms with Gasteiger partial charge < -0.3 is 5.32 Å². The first-order chi connectivity index (χ1) is 13.7. The van der Waals surface area contributed by atoms with Gasteiger partial charge in [-0.15, -0.1) is 11.3 Å². The van der Waals surface area contributed by atoms with Crippen LogP contribution in [0.2, 0.25) is 0 Å². The number of nitrogens with zero attached hydrogens (tertiary/aromatic N) is 1. The fraction of sp³-hybridized carbons (Fsp3) is 0.105. The molecule has 5 nitrogen and oxygen atoms in total. The van der Waals surface area contributed by atoms with E-state index in [-0.39, 0.29) is 22.9 Å². The fourth-order valence-electron chi connectivity index (χ4n) is 2.35. The lowest BCUT2D eigenvalue weighted by atomic mass is 10.1. The van der Waals surface area contributed by atoms with Crippen LogP contribution in [0.15, 0.2) is 53.9 Å². The highest BCUT2D eigenvalue weighted by molar-refractivity contribution is 7.14. The molecule has 3 rings (SSSR count). The number of halogens is 4. The normalized spacial score (nSPS) is 11.2. The van der Waals surface area contributed by atoms with E-state index in [0.717, 1.165) is 29.5 Å². The van der Waals surface area contributed by atoms with Gasteiger partial charge in [-0.25, -0.2) is 9.37 Å². The number of hydrogen-bond acceptors (Lipinski definition) is 4. The summed E-state index contributed by atoms with van der Waals surface area (Å²) in [6.07, 6.45) is -4.57. The Morgan fingerprint density at radius 1 is 1.03 bits per heavy atom. The van der Waals surface area contributed by atoms with Gasteiger partial charge in [0.2, 0.25) is 0 Å². The topological polar surface area (TPSA) is 71.1 Å². The fourth-order valence-corrected chi connectivity index (χ4v) is 3.03. The van der Waals surface area contributed by atoms with Gasteiger partial charge in [-0.2, -0.15) is 13.2 Å². The van der Waals surface area contributed by atoms with Gasteiger partial charge >= 0.3 is 6.18 Å². The summed E-state index contributed by atoms with van der Waals surface area (Å²) < 4.78 is 51.9. The van der Waals surface area contributed by atoms with E-state index >= 15 is 0 Å². The van der Waals surface area contributed by atoms with Gasteiger partial charge in [0.05, 0.1) is 5.56 Å². The predicted octanol–water partition coefficient (Wildman–Crippen LogP) is 4.48. The SMILES string of the molecule is O=C(Nc1nc(C(=O)NCc2ccccc2F)cs1)c1cccc(C(F)(F)F)c1. The molecule has 1 aromatic heterocycles. The summed E-state index contributed by atoms with van der Waals surface area (Å²) in [7, 11) is 0. The summed E-state index contributed by atoms with van der Waals surface area (Å²) in [6, 6.07) is 9.91. The van der Waals surface area contributed by atoms with E-state index in [0.29, 0.717) is 5.56 Å². The van der Waals surface area contributed by atoms with Crippen molar-refractivity contribution in [3.63, 3.8) is 0 Å². The van der Waals surface area contributed by atoms with E-state index in [1.165, 1.54) is 29.6 Å². The van der Waals surface area contributed by atoms with Gasteiger partial charge in [-0.1, -0.05) is 24.3 Å². The van der Waals surface area contributed by atoms with Crippen molar-refractivity contribution in [3.8, 4) is 0 Å². The maximum atomic E-state index is 13.6. The third kappa shape index (κ3) is 5.17. The van der Waals surface area contributed by atoms with Gasteiger partial charge in [-0.05, 0) is 24.3 Å². The molecule has 2 amide bonds. The molecule has 0 aliphatic rings. The second kappa shape index (κ2) is 8.39. The quantitative estimate of drug-likeness (QED) is 0.595. The Morgan fingerprint density at radius 3 is 2.52 bits per heavy atom. The van der Waals surface area contributed by atoms with E-state index in [4.69, 9.17) is 0 Å². The number of thiazole rings is 1. The molecular formula is C19H13F4N3O2S. The standard InChI is InChI=1S/C19H13F4N3O2S/c20-14-7-2-1-4-12(14)9-24-17(28)15-10-29-18(25-15)26-16(27)11-5-3-6-13(8-11)19(21,22)23/h1-8,10H,9H2,(H,24,28)(H,25,26,27). The highest BCUT2D eigenvalue weighted by atomic mass is 32.1. The molecule has 0 radical (unpaired) electrons. The number of benzene rings is 2. The lowest BCUT2D eigenvalue weighted by Gasteiger charge is -2.08. The predicted molar refractivity (Wildman–Crippen MR) is 99.1 cm³/mol. The Morgan fingerprint density at radius 2 is 1.79 bits per heavy atom. The Balaban J connectivity index is 1.63. The number of amides is 2. The molecule has 2 N–H and O–H groups in total. The van der Waals surface area contributed by atoms with E-state index in [1.54, 1.807) is 6.07 Å². The number of aromatic nitrogens is 1. The highest BCUT2D eigenvalue weighted by Crippen LogP contribution is 2.29. The first-order valence-corrected chi connectivity index (χ1v) is 9.08. The summed E-state index contributed by atoms with van der Waals surface area (Å²) in [5.41, 5.74) is -0.849. The Kier molecular flexibility index (Phi) is 5.92. The molecule has 0 atom stereocenters. The zero-order valence-electron chi connectivity index (χ0n) is 14.6. The Hall–Kier alpha value is -3.27. The summed E-state index contributed by atoms with van der Waals surface area (Å²) in [4.78, 5) is 28.2. The van der Waals surface area contributed by atoms with Crippen molar-refractivity contribution in [2.24, 2.45) is 0 Å². The number of hydrogen-bond donors (Lipinski definition) is 2. The van der Waals surface area contributed by atoms with E-state index < -0.39 is 29.4 Å². The summed E-state index contributed by atoms with van der Waals surface area (Å²) in [6.45, 7) is -0.0467. The molecule has 0 unspecified atom stereocenters. The minimum absolute atomic E-state index is 0.00863. The minimum atomic E-state index is -4.57. The van der Waals surface area contributed by atoms with Crippen LogP contribution in [-0.2, 0) is 12.7 Å². The van der Waals surface area contributed by atoms with Crippen molar-refractivity contribution in [1.29, 1.82) is 0 Å². The van der Waals surface area contributed by atoms with Crippen LogP contribution in [-0.4, -0.2) is 16.8 Å². The molecule has 0 bridgehead atoms. The van der Waals surface area contributed by atoms with Crippen LogP contribution < -0.4 is 10.6 Å². The van der Waals surface area contributed by atoms with Crippen molar-refractivity contribution in [1.82, 2.24) is 10.3 Å². The maximum Gasteiger partial charge on any atom is 0.416 e. The summed E-state index contributed by atoms with van der Waals surface area (Å²) >= 11 is 0.935. The average Bonchev–Trinajstić information content (AvgIpc) is 3.15. The van der Waals surface area contributed by atoms with Crippen LogP contribution in [0, 0.1) is 5.82 Å². The Bertz CT molecular complexity index is 1050. The minimum Gasteiger partial charge on any atom is -0.346 e. The lowest BCUT2D eigenvalue weighted by Crippen LogP contribution is -2.23. The van der Waals surface area contributed by atoms with E-state index in [1.807, 2.05) is 0 Å². The molecule has 0 aliphatic heterocycles. The zero-order chi connectivity index (χ0) is 21.0. The molecule has 0 aliphatic carbocycles. The molecule has 10 heteroatoms. The average molecular weight is 423 g/mol. The highest BCUT2D eigenvalue weighted by Gasteiger charge is 2.31. The van der Waals surface area contributed by atoms with Crippen LogP contribution in [0.25, 0.3) is 0 Å². The number of carbonyl (C=O) groups excluding carboxylic acids is 2. The van der Waals surface area contributed by atoms with Crippen LogP contribution in [0.5, 0.6) is 0 Å². The van der Waals surface area contributed by atoms with Crippen molar-refractivity contribution >= 4 is 28.3 Å². The van der Waals surface area contributed by atoms with Crippen molar-refractivity contribution in [2.75, 3.05) is 5.32 Å².